The third-order valence-electron chi connectivity index (χ3n) is 3.63. The topological polar surface area (TPSA) is 109 Å². The molecule has 0 amide bonds. The van der Waals surface area contributed by atoms with Gasteiger partial charge in [0, 0.05) is 17.5 Å². The summed E-state index contributed by atoms with van der Waals surface area (Å²) in [6.45, 7) is 1.18. The van der Waals surface area contributed by atoms with E-state index in [2.05, 4.69) is 0 Å². The Balaban J connectivity index is 1.82. The second kappa shape index (κ2) is 5.36. The number of aliphatic hydroxyl groups excluding tert-OH is 2. The molecule has 0 radical (unpaired) electrons. The molecule has 1 saturated heterocycles. The van der Waals surface area contributed by atoms with E-state index in [-0.39, 0.29) is 6.61 Å². The van der Waals surface area contributed by atoms with E-state index in [1.165, 1.54) is 19.1 Å². The fourth-order valence-corrected chi connectivity index (χ4v) is 2.30. The lowest BCUT2D eigenvalue weighted by atomic mass is 9.93. The van der Waals surface area contributed by atoms with Crippen LogP contribution in [0, 0.1) is 0 Å². The van der Waals surface area contributed by atoms with Crippen molar-refractivity contribution in [3.8, 4) is 5.75 Å². The number of rotatable bonds is 2. The van der Waals surface area contributed by atoms with Crippen molar-refractivity contribution in [1.82, 2.24) is 0 Å². The molecule has 1 fully saturated rings. The van der Waals surface area contributed by atoms with Gasteiger partial charge < -0.3 is 29.2 Å². The van der Waals surface area contributed by atoms with E-state index in [1.54, 1.807) is 18.2 Å². The second-order valence-electron chi connectivity index (χ2n) is 5.54. The summed E-state index contributed by atoms with van der Waals surface area (Å²) in [6, 6.07) is 7.74. The first-order chi connectivity index (χ1) is 10.4. The summed E-state index contributed by atoms with van der Waals surface area (Å²) in [5.74, 6) is 0.305. The van der Waals surface area contributed by atoms with Crippen molar-refractivity contribution in [1.29, 1.82) is 0 Å². The highest BCUT2D eigenvalue weighted by Gasteiger charge is 2.46. The van der Waals surface area contributed by atoms with Crippen molar-refractivity contribution in [2.75, 3.05) is 6.61 Å². The Hall–Kier alpha value is -1.93. The molecule has 1 aliphatic heterocycles. The Morgan fingerprint density at radius 1 is 1.27 bits per heavy atom. The van der Waals surface area contributed by atoms with Gasteiger partial charge in [0.25, 0.3) is 0 Å². The van der Waals surface area contributed by atoms with Crippen molar-refractivity contribution < 1.29 is 29.2 Å². The van der Waals surface area contributed by atoms with Crippen molar-refractivity contribution in [2.45, 2.75) is 31.0 Å². The summed E-state index contributed by atoms with van der Waals surface area (Å²) in [6.07, 6.45) is -3.95. The van der Waals surface area contributed by atoms with Crippen molar-refractivity contribution in [3.05, 3.63) is 40.8 Å². The molecular formula is C15H16O7. The monoisotopic (exact) mass is 308 g/mol. The van der Waals surface area contributed by atoms with Crippen LogP contribution in [0.3, 0.4) is 0 Å². The molecule has 1 aromatic heterocycles. The van der Waals surface area contributed by atoms with Gasteiger partial charge in [-0.1, -0.05) is 0 Å². The molecule has 22 heavy (non-hydrogen) atoms. The average Bonchev–Trinajstić information content (AvgIpc) is 2.48. The summed E-state index contributed by atoms with van der Waals surface area (Å²) < 4.78 is 15.8. The van der Waals surface area contributed by atoms with Crippen LogP contribution in [0.25, 0.3) is 11.0 Å². The van der Waals surface area contributed by atoms with Gasteiger partial charge in [-0.05, 0) is 25.1 Å². The van der Waals surface area contributed by atoms with Crippen LogP contribution < -0.4 is 10.4 Å². The number of hydrogen-bond acceptors (Lipinski definition) is 7. The summed E-state index contributed by atoms with van der Waals surface area (Å²) in [4.78, 5) is 11.2. The van der Waals surface area contributed by atoms with Gasteiger partial charge in [-0.3, -0.25) is 0 Å². The lowest BCUT2D eigenvalue weighted by Gasteiger charge is -2.40. The van der Waals surface area contributed by atoms with Gasteiger partial charge >= 0.3 is 5.63 Å². The van der Waals surface area contributed by atoms with Crippen LogP contribution in [0.15, 0.2) is 39.5 Å². The third-order valence-corrected chi connectivity index (χ3v) is 3.63. The van der Waals surface area contributed by atoms with Gasteiger partial charge in [-0.25, -0.2) is 4.79 Å². The zero-order valence-electron chi connectivity index (χ0n) is 11.8. The van der Waals surface area contributed by atoms with E-state index in [0.717, 1.165) is 5.39 Å². The van der Waals surface area contributed by atoms with Crippen LogP contribution >= 0.6 is 0 Å². The van der Waals surface area contributed by atoms with Crippen LogP contribution in [0.4, 0.5) is 0 Å². The summed E-state index contributed by atoms with van der Waals surface area (Å²) in [5, 5.41) is 30.4. The highest BCUT2D eigenvalue weighted by atomic mass is 16.7. The number of ether oxygens (including phenoxy) is 2. The molecule has 3 N–H and O–H groups in total. The minimum Gasteiger partial charge on any atom is -0.462 e. The number of aliphatic hydroxyl groups is 3. The largest absolute Gasteiger partial charge is 0.462 e. The molecule has 7 nitrogen and oxygen atoms in total. The maximum atomic E-state index is 11.2. The predicted molar refractivity (Wildman–Crippen MR) is 75.5 cm³/mol. The first kappa shape index (κ1) is 15.0. The van der Waals surface area contributed by atoms with Gasteiger partial charge in [0.05, 0.1) is 6.61 Å². The van der Waals surface area contributed by atoms with Gasteiger partial charge in [0.2, 0.25) is 6.29 Å². The highest BCUT2D eigenvalue weighted by Crippen LogP contribution is 2.27. The van der Waals surface area contributed by atoms with Crippen LogP contribution in [0.2, 0.25) is 0 Å². The van der Waals surface area contributed by atoms with Crippen LogP contribution in [-0.2, 0) is 4.74 Å². The molecule has 2 heterocycles. The zero-order valence-corrected chi connectivity index (χ0v) is 11.8. The first-order valence-corrected chi connectivity index (χ1v) is 6.77. The van der Waals surface area contributed by atoms with Crippen molar-refractivity contribution >= 4 is 11.0 Å². The van der Waals surface area contributed by atoms with E-state index in [0.29, 0.717) is 11.3 Å². The normalized spacial score (nSPS) is 32.1. The minimum atomic E-state index is -1.55. The van der Waals surface area contributed by atoms with E-state index in [9.17, 15) is 20.1 Å². The fourth-order valence-electron chi connectivity index (χ4n) is 2.30. The SMILES string of the molecule is C[C@@]1(O)CO[C@@H](Oc2ccc3ccc(=O)oc3c2)[C@H](O)[C@H]1O. The van der Waals surface area contributed by atoms with E-state index < -0.39 is 29.7 Å². The molecule has 3 rings (SSSR count). The maximum absolute atomic E-state index is 11.2. The smallest absolute Gasteiger partial charge is 0.336 e. The summed E-state index contributed by atoms with van der Waals surface area (Å²) >= 11 is 0. The summed E-state index contributed by atoms with van der Waals surface area (Å²) in [7, 11) is 0. The molecule has 0 saturated carbocycles. The Kier molecular flexibility index (Phi) is 3.65. The lowest BCUT2D eigenvalue weighted by molar-refractivity contribution is -0.271. The van der Waals surface area contributed by atoms with E-state index in [1.807, 2.05) is 0 Å². The quantitative estimate of drug-likeness (QED) is 0.670. The number of hydrogen-bond donors (Lipinski definition) is 3. The van der Waals surface area contributed by atoms with Crippen LogP contribution in [0.5, 0.6) is 5.75 Å². The highest BCUT2D eigenvalue weighted by molar-refractivity contribution is 5.77. The Morgan fingerprint density at radius 3 is 2.77 bits per heavy atom. The molecule has 1 aliphatic rings. The Bertz CT molecular complexity index is 736. The van der Waals surface area contributed by atoms with Gasteiger partial charge in [0.1, 0.15) is 29.1 Å². The predicted octanol–water partition coefficient (Wildman–Crippen LogP) is 0.000900. The van der Waals surface area contributed by atoms with Gasteiger partial charge in [-0.2, -0.15) is 0 Å². The Labute approximate surface area is 125 Å². The van der Waals surface area contributed by atoms with E-state index in [4.69, 9.17) is 13.9 Å². The molecule has 0 bridgehead atoms. The molecule has 4 atom stereocenters. The van der Waals surface area contributed by atoms with Crippen molar-refractivity contribution in [2.24, 2.45) is 0 Å². The third kappa shape index (κ3) is 2.71. The second-order valence-corrected chi connectivity index (χ2v) is 5.54. The van der Waals surface area contributed by atoms with Gasteiger partial charge in [0.15, 0.2) is 0 Å². The molecule has 2 aromatic rings. The Morgan fingerprint density at radius 2 is 2.00 bits per heavy atom. The molecule has 7 heteroatoms. The molecule has 0 unspecified atom stereocenters. The first-order valence-electron chi connectivity index (χ1n) is 6.77. The minimum absolute atomic E-state index is 0.182. The number of benzene rings is 1. The maximum Gasteiger partial charge on any atom is 0.336 e. The average molecular weight is 308 g/mol. The standard InChI is InChI=1S/C15H16O7/c1-15(19)7-20-14(12(17)13(15)18)21-9-4-2-8-3-5-11(16)22-10(8)6-9/h2-6,12-14,17-19H,7H2,1H3/t12-,13-,14+,15-/m1/s1. The lowest BCUT2D eigenvalue weighted by Crippen LogP contribution is -2.61. The van der Waals surface area contributed by atoms with Gasteiger partial charge in [-0.15, -0.1) is 0 Å². The van der Waals surface area contributed by atoms with Crippen LogP contribution in [-0.4, -0.2) is 46.0 Å². The molecule has 118 valence electrons. The fraction of sp³-hybridized carbons (Fsp3) is 0.400. The van der Waals surface area contributed by atoms with Crippen molar-refractivity contribution in [3.63, 3.8) is 0 Å². The van der Waals surface area contributed by atoms with Crippen LogP contribution in [0.1, 0.15) is 6.92 Å². The number of fused-ring (bicyclic) bond motifs is 1. The molecule has 0 spiro atoms. The molecule has 1 aromatic carbocycles. The molecular weight excluding hydrogens is 292 g/mol. The zero-order chi connectivity index (χ0) is 15.9. The van der Waals surface area contributed by atoms with E-state index >= 15 is 0 Å². The summed E-state index contributed by atoms with van der Waals surface area (Å²) in [5.41, 5.74) is -1.69. The molecule has 0 aliphatic carbocycles.